The van der Waals surface area contributed by atoms with Gasteiger partial charge in [0.25, 0.3) is 0 Å². The van der Waals surface area contributed by atoms with Crippen molar-refractivity contribution in [3.8, 4) is 17.1 Å². The minimum atomic E-state index is -0.324. The van der Waals surface area contributed by atoms with Crippen LogP contribution >= 0.6 is 0 Å². The molecule has 1 aromatic carbocycles. The number of imidazole rings is 1. The van der Waals surface area contributed by atoms with Gasteiger partial charge in [0.2, 0.25) is 11.8 Å². The van der Waals surface area contributed by atoms with Gasteiger partial charge in [-0.1, -0.05) is 0 Å². The van der Waals surface area contributed by atoms with Crippen LogP contribution < -0.4 is 4.74 Å². The third-order valence-corrected chi connectivity index (χ3v) is 4.64. The van der Waals surface area contributed by atoms with E-state index in [2.05, 4.69) is 10.1 Å². The molecular formula is C20H21FN4O3. The van der Waals surface area contributed by atoms with Crippen LogP contribution in [0.4, 0.5) is 4.39 Å². The Balaban J connectivity index is 1.77. The number of amides is 1. The van der Waals surface area contributed by atoms with Gasteiger partial charge < -0.3 is 14.4 Å². The largest absolute Gasteiger partial charge is 0.477 e. The molecule has 7 nitrogen and oxygen atoms in total. The van der Waals surface area contributed by atoms with E-state index in [0.29, 0.717) is 55.8 Å². The topological polar surface area (TPSA) is 69.0 Å². The van der Waals surface area contributed by atoms with E-state index < -0.39 is 0 Å². The maximum atomic E-state index is 13.4. The molecule has 3 heterocycles. The maximum Gasteiger partial charge on any atom is 0.231 e. The minimum absolute atomic E-state index is 0.0166. The van der Waals surface area contributed by atoms with Gasteiger partial charge in [0.1, 0.15) is 5.82 Å². The van der Waals surface area contributed by atoms with Crippen LogP contribution in [0, 0.1) is 5.82 Å². The number of ether oxygens (including phenoxy) is 2. The smallest absolute Gasteiger partial charge is 0.231 e. The van der Waals surface area contributed by atoms with Crippen LogP contribution in [0.25, 0.3) is 16.9 Å². The number of carbonyl (C=O) groups is 1. The normalized spacial score (nSPS) is 14.4. The summed E-state index contributed by atoms with van der Waals surface area (Å²) in [6.07, 6.45) is 0.135. The Bertz CT molecular complexity index is 981. The Morgan fingerprint density at radius 2 is 1.93 bits per heavy atom. The van der Waals surface area contributed by atoms with Crippen molar-refractivity contribution in [2.24, 2.45) is 0 Å². The van der Waals surface area contributed by atoms with Crippen molar-refractivity contribution in [3.63, 3.8) is 0 Å². The summed E-state index contributed by atoms with van der Waals surface area (Å²) in [6.45, 7) is 4.58. The fourth-order valence-corrected chi connectivity index (χ4v) is 3.25. The predicted octanol–water partition coefficient (Wildman–Crippen LogP) is 2.34. The Hall–Kier alpha value is -3.00. The van der Waals surface area contributed by atoms with Gasteiger partial charge in [0.15, 0.2) is 5.65 Å². The lowest BCUT2D eigenvalue weighted by Crippen LogP contribution is -2.41. The second kappa shape index (κ2) is 7.93. The molecule has 1 fully saturated rings. The summed E-state index contributed by atoms with van der Waals surface area (Å²) < 4.78 is 25.8. The molecule has 146 valence electrons. The molecule has 8 heteroatoms. The van der Waals surface area contributed by atoms with Gasteiger partial charge in [-0.25, -0.2) is 13.9 Å². The first-order valence-corrected chi connectivity index (χ1v) is 9.28. The van der Waals surface area contributed by atoms with E-state index in [0.717, 1.165) is 5.56 Å². The van der Waals surface area contributed by atoms with Gasteiger partial charge in [-0.3, -0.25) is 4.79 Å². The van der Waals surface area contributed by atoms with Gasteiger partial charge in [-0.15, -0.1) is 5.10 Å². The molecule has 0 N–H and O–H groups in total. The van der Waals surface area contributed by atoms with Gasteiger partial charge in [-0.2, -0.15) is 0 Å². The lowest BCUT2D eigenvalue weighted by Gasteiger charge is -2.26. The SMILES string of the molecule is CCOc1ccc2nc(-c3ccc(F)cc3)c(CC(=O)N3CCOCC3)n2n1. The molecule has 28 heavy (non-hydrogen) atoms. The molecule has 0 spiro atoms. The molecule has 1 aliphatic heterocycles. The average molecular weight is 384 g/mol. The maximum absolute atomic E-state index is 13.4. The van der Waals surface area contributed by atoms with Crippen molar-refractivity contribution in [1.82, 2.24) is 19.5 Å². The molecule has 0 saturated carbocycles. The van der Waals surface area contributed by atoms with E-state index in [9.17, 15) is 9.18 Å². The van der Waals surface area contributed by atoms with Crippen LogP contribution in [0.1, 0.15) is 12.6 Å². The molecule has 3 aromatic rings. The Kier molecular flexibility index (Phi) is 5.21. The van der Waals surface area contributed by atoms with E-state index in [1.54, 1.807) is 33.7 Å². The first-order valence-electron chi connectivity index (χ1n) is 9.28. The summed E-state index contributed by atoms with van der Waals surface area (Å²) in [7, 11) is 0. The average Bonchev–Trinajstić information content (AvgIpc) is 3.07. The fraction of sp³-hybridized carbons (Fsp3) is 0.350. The van der Waals surface area contributed by atoms with Crippen molar-refractivity contribution in [3.05, 3.63) is 47.9 Å². The van der Waals surface area contributed by atoms with Gasteiger partial charge in [0, 0.05) is 24.7 Å². The molecule has 0 unspecified atom stereocenters. The third-order valence-electron chi connectivity index (χ3n) is 4.64. The molecule has 0 radical (unpaired) electrons. The van der Waals surface area contributed by atoms with Gasteiger partial charge >= 0.3 is 0 Å². The number of morpholine rings is 1. The highest BCUT2D eigenvalue weighted by Crippen LogP contribution is 2.26. The first-order chi connectivity index (χ1) is 13.7. The molecule has 0 bridgehead atoms. The number of benzene rings is 1. The van der Waals surface area contributed by atoms with E-state index in [1.807, 2.05) is 6.92 Å². The van der Waals surface area contributed by atoms with Crippen LogP contribution in [0.2, 0.25) is 0 Å². The summed E-state index contributed by atoms with van der Waals surface area (Å²) in [5.74, 6) is 0.116. The number of carbonyl (C=O) groups excluding carboxylic acids is 1. The summed E-state index contributed by atoms with van der Waals surface area (Å²) in [5, 5.41) is 4.49. The highest BCUT2D eigenvalue weighted by molar-refractivity contribution is 5.81. The number of halogens is 1. The highest BCUT2D eigenvalue weighted by atomic mass is 19.1. The molecule has 0 aliphatic carbocycles. The summed E-state index contributed by atoms with van der Waals surface area (Å²) in [6, 6.07) is 9.62. The minimum Gasteiger partial charge on any atom is -0.477 e. The first kappa shape index (κ1) is 18.4. The molecular weight excluding hydrogens is 363 g/mol. The molecule has 0 atom stereocenters. The Labute approximate surface area is 161 Å². The second-order valence-corrected chi connectivity index (χ2v) is 6.46. The zero-order valence-electron chi connectivity index (χ0n) is 15.6. The number of nitrogens with zero attached hydrogens (tertiary/aromatic N) is 4. The summed E-state index contributed by atoms with van der Waals surface area (Å²) in [4.78, 5) is 19.3. The number of rotatable bonds is 5. The molecule has 4 rings (SSSR count). The number of fused-ring (bicyclic) bond motifs is 1. The molecule has 1 saturated heterocycles. The predicted molar refractivity (Wildman–Crippen MR) is 101 cm³/mol. The van der Waals surface area contributed by atoms with Crippen molar-refractivity contribution in [2.75, 3.05) is 32.9 Å². The fourth-order valence-electron chi connectivity index (χ4n) is 3.25. The van der Waals surface area contributed by atoms with Crippen molar-refractivity contribution in [2.45, 2.75) is 13.3 Å². The monoisotopic (exact) mass is 384 g/mol. The van der Waals surface area contributed by atoms with E-state index >= 15 is 0 Å². The number of hydrogen-bond donors (Lipinski definition) is 0. The zero-order chi connectivity index (χ0) is 19.5. The molecule has 1 amide bonds. The molecule has 1 aliphatic rings. The van der Waals surface area contributed by atoms with Crippen LogP contribution in [0.3, 0.4) is 0 Å². The summed E-state index contributed by atoms with van der Waals surface area (Å²) in [5.41, 5.74) is 2.60. The van der Waals surface area contributed by atoms with E-state index in [-0.39, 0.29) is 18.1 Å². The number of aromatic nitrogens is 3. The van der Waals surface area contributed by atoms with Gasteiger partial charge in [0.05, 0.1) is 37.6 Å². The van der Waals surface area contributed by atoms with Crippen LogP contribution in [0.15, 0.2) is 36.4 Å². The van der Waals surface area contributed by atoms with Crippen LogP contribution in [-0.4, -0.2) is 58.3 Å². The number of hydrogen-bond acceptors (Lipinski definition) is 5. The molecule has 2 aromatic heterocycles. The van der Waals surface area contributed by atoms with Gasteiger partial charge in [-0.05, 0) is 37.3 Å². The lowest BCUT2D eigenvalue weighted by molar-refractivity contribution is -0.134. The Morgan fingerprint density at radius 1 is 1.18 bits per heavy atom. The van der Waals surface area contributed by atoms with Crippen molar-refractivity contribution < 1.29 is 18.7 Å². The van der Waals surface area contributed by atoms with E-state index in [4.69, 9.17) is 9.47 Å². The van der Waals surface area contributed by atoms with Crippen molar-refractivity contribution in [1.29, 1.82) is 0 Å². The standard InChI is InChI=1S/C20H21FN4O3/c1-2-28-18-8-7-17-22-20(14-3-5-15(21)6-4-14)16(25(17)23-18)13-19(26)24-9-11-27-12-10-24/h3-8H,2,9-13H2,1H3. The van der Waals surface area contributed by atoms with Crippen LogP contribution in [-0.2, 0) is 16.0 Å². The van der Waals surface area contributed by atoms with E-state index in [1.165, 1.54) is 12.1 Å². The zero-order valence-corrected chi connectivity index (χ0v) is 15.6. The highest BCUT2D eigenvalue weighted by Gasteiger charge is 2.23. The second-order valence-electron chi connectivity index (χ2n) is 6.46. The lowest BCUT2D eigenvalue weighted by atomic mass is 10.1. The Morgan fingerprint density at radius 3 is 2.64 bits per heavy atom. The quantitative estimate of drug-likeness (QED) is 0.675. The third kappa shape index (κ3) is 3.68. The van der Waals surface area contributed by atoms with Crippen molar-refractivity contribution >= 4 is 11.6 Å². The summed E-state index contributed by atoms with van der Waals surface area (Å²) >= 11 is 0. The van der Waals surface area contributed by atoms with Crippen LogP contribution in [0.5, 0.6) is 5.88 Å².